The summed E-state index contributed by atoms with van der Waals surface area (Å²) in [5, 5.41) is -1.58. The lowest BCUT2D eigenvalue weighted by molar-refractivity contribution is 0.234. The van der Waals surface area contributed by atoms with Gasteiger partial charge in [-0.15, -0.1) is 0 Å². The molecule has 0 N–H and O–H groups in total. The van der Waals surface area contributed by atoms with Crippen molar-refractivity contribution in [3.8, 4) is 17.2 Å². The Morgan fingerprint density at radius 3 is 0.625 bits per heavy atom. The van der Waals surface area contributed by atoms with Gasteiger partial charge in [-0.25, -0.2) is 0 Å². The molecule has 0 fully saturated rings. The zero-order valence-corrected chi connectivity index (χ0v) is 74.2. The van der Waals surface area contributed by atoms with Gasteiger partial charge in [0.25, 0.3) is 0 Å². The van der Waals surface area contributed by atoms with E-state index in [4.69, 9.17) is 177 Å². The average molecular weight is 1720 g/mol. The number of benzene rings is 4. The molecule has 0 aliphatic heterocycles. The Balaban J connectivity index is 1.55. The summed E-state index contributed by atoms with van der Waals surface area (Å²) in [6.45, 7) is 8.47. The zero-order valence-electron chi connectivity index (χ0n) is 63.6. The zero-order chi connectivity index (χ0) is 75.5. The molecule has 4 aromatic rings. The molecule has 591 valence electrons. The fourth-order valence-electron chi connectivity index (χ4n) is 13.8. The number of rotatable bonds is 65. The SMILES string of the molecule is CCCCCCCCCCCCCCCCCCCCOc1cc(/C=C/c2c(Cl)c(Cl)c([C](c3c(Cl)c(Cl)c(Cl)c(Cl)c3Cl)c3c(Cl)c(Cl)c(Cl)c(Cl)c3Cl)c(Cl)c2Cl)cc(OCCCCCCCCCCCCCCCCCCCC)c1OCCCCCCCCCCCCCCCCCCCC. The van der Waals surface area contributed by atoms with Gasteiger partial charge in [0, 0.05) is 22.3 Å². The monoisotopic (exact) mass is 1710 g/mol. The van der Waals surface area contributed by atoms with Crippen molar-refractivity contribution in [2.75, 3.05) is 19.8 Å². The van der Waals surface area contributed by atoms with E-state index >= 15 is 0 Å². The molecule has 0 saturated carbocycles. The van der Waals surface area contributed by atoms with Crippen LogP contribution in [-0.4, -0.2) is 19.8 Å². The topological polar surface area (TPSA) is 27.7 Å². The van der Waals surface area contributed by atoms with Crippen molar-refractivity contribution in [1.82, 2.24) is 0 Å². The summed E-state index contributed by atoms with van der Waals surface area (Å²) < 4.78 is 20.4. The van der Waals surface area contributed by atoms with Crippen LogP contribution in [0.25, 0.3) is 12.2 Å². The predicted octanol–water partition coefficient (Wildman–Crippen LogP) is 38.3. The Morgan fingerprint density at radius 1 is 0.221 bits per heavy atom. The molecule has 0 saturated heterocycles. The lowest BCUT2D eigenvalue weighted by atomic mass is 9.84. The molecule has 0 aliphatic rings. The second-order valence-corrected chi connectivity index (χ2v) is 34.4. The van der Waals surface area contributed by atoms with Gasteiger partial charge in [0.05, 0.1) is 96.1 Å². The maximum Gasteiger partial charge on any atom is 0.203 e. The molecular weight excluding hydrogens is 1590 g/mol. The number of ether oxygens (including phenoxy) is 3. The van der Waals surface area contributed by atoms with Gasteiger partial charge >= 0.3 is 0 Å². The fraction of sp³-hybridized carbons (Fsp3) is 0.690. The van der Waals surface area contributed by atoms with Crippen LogP contribution >= 0.6 is 162 Å². The lowest BCUT2D eigenvalue weighted by Crippen LogP contribution is -2.12. The average Bonchev–Trinajstić information content (AvgIpc) is 0.663. The van der Waals surface area contributed by atoms with Gasteiger partial charge in [0.15, 0.2) is 11.5 Å². The molecule has 0 aromatic heterocycles. The van der Waals surface area contributed by atoms with Gasteiger partial charge in [0.1, 0.15) is 0 Å². The third-order valence-corrected chi connectivity index (χ3v) is 26.5. The van der Waals surface area contributed by atoms with E-state index in [0.29, 0.717) is 37.1 Å². The van der Waals surface area contributed by atoms with Crippen LogP contribution in [0.15, 0.2) is 12.1 Å². The minimum atomic E-state index is -0.155. The van der Waals surface area contributed by atoms with Crippen LogP contribution in [0, 0.1) is 5.92 Å². The van der Waals surface area contributed by atoms with E-state index in [0.717, 1.165) is 44.1 Å². The number of halogens is 14. The molecule has 4 aromatic carbocycles. The largest absolute Gasteiger partial charge is 0.490 e. The molecule has 104 heavy (non-hydrogen) atoms. The summed E-state index contributed by atoms with van der Waals surface area (Å²) in [6.07, 6.45) is 74.4. The molecule has 17 heteroatoms. The third kappa shape index (κ3) is 36.9. The highest BCUT2D eigenvalue weighted by Crippen LogP contribution is 2.58. The smallest absolute Gasteiger partial charge is 0.203 e. The lowest BCUT2D eigenvalue weighted by Gasteiger charge is -2.28. The standard InChI is InChI=1S/C87H127Cl14O3/c1-4-7-10-13-16-19-22-25-28-31-34-37-40-43-46-49-52-55-60-102-67-63-65(58-59-66-73(88)75(90)70(76(91)74(66)89)69(71-77(92)81(96)85(100)82(97)78(71)93)72-79(94)83(98)86(101)84(99)80(72)95)64-68(103-61-56-53-50-47-44-41-38-35-32-29-26-23-20-17-14-11-8-5-2)87(67)104-62-57-54-51-48-45-42-39-36-33-30-27-24-21-18-15-12-9-6-3/h58-59,63-64H,4-57,60-62H2,1-3H3/b59-58+. The van der Waals surface area contributed by atoms with Crippen molar-refractivity contribution in [2.45, 2.75) is 367 Å². The van der Waals surface area contributed by atoms with E-state index < -0.39 is 0 Å². The van der Waals surface area contributed by atoms with Crippen molar-refractivity contribution in [1.29, 1.82) is 0 Å². The summed E-state index contributed by atoms with van der Waals surface area (Å²) in [4.78, 5) is 0. The fourth-order valence-corrected chi connectivity index (χ4v) is 17.7. The molecule has 1 radical (unpaired) electrons. The van der Waals surface area contributed by atoms with Gasteiger partial charge in [-0.05, 0) is 37.0 Å². The van der Waals surface area contributed by atoms with Crippen molar-refractivity contribution >= 4 is 175 Å². The minimum absolute atomic E-state index is 0.00106. The first-order valence-electron chi connectivity index (χ1n) is 41.1. The Kier molecular flexibility index (Phi) is 56.2. The summed E-state index contributed by atoms with van der Waals surface area (Å²) in [5.74, 6) is 1.83. The highest BCUT2D eigenvalue weighted by Gasteiger charge is 2.38. The molecule has 0 spiro atoms. The molecule has 0 atom stereocenters. The van der Waals surface area contributed by atoms with Crippen molar-refractivity contribution in [3.05, 3.63) is 116 Å². The second-order valence-electron chi connectivity index (χ2n) is 29.1. The van der Waals surface area contributed by atoms with Crippen molar-refractivity contribution in [3.63, 3.8) is 0 Å². The van der Waals surface area contributed by atoms with Crippen LogP contribution in [0.1, 0.15) is 395 Å². The van der Waals surface area contributed by atoms with Crippen LogP contribution in [0.5, 0.6) is 17.2 Å². The quantitative estimate of drug-likeness (QED) is 0.0145. The molecule has 3 nitrogen and oxygen atoms in total. The first-order chi connectivity index (χ1) is 50.5. The Bertz CT molecular complexity index is 2770. The van der Waals surface area contributed by atoms with E-state index in [1.54, 1.807) is 6.08 Å². The normalized spacial score (nSPS) is 11.8. The van der Waals surface area contributed by atoms with Crippen LogP contribution in [0.3, 0.4) is 0 Å². The highest BCUT2D eigenvalue weighted by atomic mass is 35.5. The molecule has 0 aliphatic carbocycles. The highest BCUT2D eigenvalue weighted by molar-refractivity contribution is 6.58. The van der Waals surface area contributed by atoms with Gasteiger partial charge in [0.2, 0.25) is 5.75 Å². The third-order valence-electron chi connectivity index (χ3n) is 20.2. The molecule has 0 amide bonds. The summed E-state index contributed by atoms with van der Waals surface area (Å²) in [5.41, 5.74) is 0.983. The first-order valence-corrected chi connectivity index (χ1v) is 46.4. The Morgan fingerprint density at radius 2 is 0.404 bits per heavy atom. The summed E-state index contributed by atoms with van der Waals surface area (Å²) in [7, 11) is 0. The molecule has 4 rings (SSSR count). The molecule has 0 bridgehead atoms. The predicted molar refractivity (Wildman–Crippen MR) is 468 cm³/mol. The van der Waals surface area contributed by atoms with Gasteiger partial charge in [-0.1, -0.05) is 523 Å². The van der Waals surface area contributed by atoms with E-state index in [1.165, 1.54) is 308 Å². The minimum Gasteiger partial charge on any atom is -0.490 e. The first kappa shape index (κ1) is 96.4. The van der Waals surface area contributed by atoms with Crippen molar-refractivity contribution < 1.29 is 14.2 Å². The van der Waals surface area contributed by atoms with E-state index in [9.17, 15) is 0 Å². The van der Waals surface area contributed by atoms with Crippen LogP contribution < -0.4 is 14.2 Å². The van der Waals surface area contributed by atoms with Gasteiger partial charge in [-0.3, -0.25) is 0 Å². The Labute approximate surface area is 702 Å². The summed E-state index contributed by atoms with van der Waals surface area (Å²) in [6, 6.07) is 3.97. The molecule has 0 heterocycles. The number of unbranched alkanes of at least 4 members (excludes halogenated alkanes) is 51. The van der Waals surface area contributed by atoms with E-state index in [-0.39, 0.29) is 98.5 Å². The summed E-state index contributed by atoms with van der Waals surface area (Å²) >= 11 is 97.4. The van der Waals surface area contributed by atoms with E-state index in [1.807, 2.05) is 18.2 Å². The van der Waals surface area contributed by atoms with E-state index in [2.05, 4.69) is 20.8 Å². The van der Waals surface area contributed by atoms with Crippen LogP contribution in [0.2, 0.25) is 70.3 Å². The van der Waals surface area contributed by atoms with Crippen molar-refractivity contribution in [2.24, 2.45) is 0 Å². The number of hydrogen-bond acceptors (Lipinski definition) is 3. The number of hydrogen-bond donors (Lipinski definition) is 0. The maximum atomic E-state index is 7.39. The maximum absolute atomic E-state index is 7.39. The molecule has 0 unspecified atom stereocenters. The Hall–Kier alpha value is 0.0800. The van der Waals surface area contributed by atoms with Crippen LogP contribution in [-0.2, 0) is 0 Å². The van der Waals surface area contributed by atoms with Gasteiger partial charge in [-0.2, -0.15) is 0 Å². The molecular formula is C87H127Cl14O3. The second kappa shape index (κ2) is 60.6. The van der Waals surface area contributed by atoms with Crippen LogP contribution in [0.4, 0.5) is 0 Å². The van der Waals surface area contributed by atoms with Gasteiger partial charge < -0.3 is 14.2 Å².